The highest BCUT2D eigenvalue weighted by Gasteiger charge is 2.41. The van der Waals surface area contributed by atoms with Crippen LogP contribution in [-0.2, 0) is 20.9 Å². The molecule has 1 aromatic heterocycles. The summed E-state index contributed by atoms with van der Waals surface area (Å²) in [5.41, 5.74) is -0.463. The van der Waals surface area contributed by atoms with Gasteiger partial charge in [0.1, 0.15) is 18.1 Å². The lowest BCUT2D eigenvalue weighted by molar-refractivity contribution is -0.144. The number of piperidine rings is 1. The van der Waals surface area contributed by atoms with Crippen LogP contribution in [0.4, 0.5) is 0 Å². The molecule has 2 aromatic rings. The summed E-state index contributed by atoms with van der Waals surface area (Å²) in [5, 5.41) is 0.599. The van der Waals surface area contributed by atoms with Crippen molar-refractivity contribution in [1.82, 2.24) is 19.4 Å². The molecule has 0 aliphatic carbocycles. The molecule has 2 amide bonds. The summed E-state index contributed by atoms with van der Waals surface area (Å²) in [7, 11) is 0. The van der Waals surface area contributed by atoms with Gasteiger partial charge in [-0.25, -0.2) is 4.98 Å². The second-order valence-electron chi connectivity index (χ2n) is 8.94. The van der Waals surface area contributed by atoms with Crippen molar-refractivity contribution in [2.24, 2.45) is 5.41 Å². The second-order valence-corrected chi connectivity index (χ2v) is 9.37. The van der Waals surface area contributed by atoms with Gasteiger partial charge in [-0.2, -0.15) is 0 Å². The second kappa shape index (κ2) is 10.6. The molecule has 0 unspecified atom stereocenters. The van der Waals surface area contributed by atoms with Gasteiger partial charge in [0, 0.05) is 55.4 Å². The number of carbonyl (C=O) groups is 2. The molecule has 2 fully saturated rings. The quantitative estimate of drug-likeness (QED) is 0.616. The molecule has 0 radical (unpaired) electrons. The van der Waals surface area contributed by atoms with E-state index in [4.69, 9.17) is 21.1 Å². The van der Waals surface area contributed by atoms with Gasteiger partial charge in [-0.1, -0.05) is 17.7 Å². The topological polar surface area (TPSA) is 76.9 Å². The van der Waals surface area contributed by atoms with Crippen LogP contribution < -0.4 is 4.74 Å². The summed E-state index contributed by atoms with van der Waals surface area (Å²) in [6, 6.07) is 7.27. The van der Waals surface area contributed by atoms with Crippen LogP contribution in [0.5, 0.6) is 5.75 Å². The Labute approximate surface area is 199 Å². The first-order valence-electron chi connectivity index (χ1n) is 11.4. The number of hydrogen-bond acceptors (Lipinski definition) is 5. The van der Waals surface area contributed by atoms with Crippen molar-refractivity contribution in [3.05, 3.63) is 47.5 Å². The van der Waals surface area contributed by atoms with Crippen LogP contribution in [0.1, 0.15) is 25.1 Å². The Hall–Kier alpha value is -2.58. The Morgan fingerprint density at radius 3 is 2.73 bits per heavy atom. The van der Waals surface area contributed by atoms with Crippen LogP contribution in [0.3, 0.4) is 0 Å². The van der Waals surface area contributed by atoms with Crippen molar-refractivity contribution in [1.29, 1.82) is 0 Å². The first-order valence-corrected chi connectivity index (χ1v) is 11.8. The summed E-state index contributed by atoms with van der Waals surface area (Å²) >= 11 is 6.12. The number of nitrogens with zero attached hydrogens (tertiary/aromatic N) is 4. The largest absolute Gasteiger partial charge is 0.493 e. The predicted molar refractivity (Wildman–Crippen MR) is 124 cm³/mol. The smallest absolute Gasteiger partial charge is 0.242 e. The SMILES string of the molecule is Cc1nccn1CC(=O)N1CCC[C@@](COc2cccc(Cl)c2)(CC(=O)N2CCOCC2)C1. The molecule has 0 bridgehead atoms. The van der Waals surface area contributed by atoms with Crippen molar-refractivity contribution < 1.29 is 19.1 Å². The third-order valence-corrected chi connectivity index (χ3v) is 6.71. The monoisotopic (exact) mass is 474 g/mol. The van der Waals surface area contributed by atoms with Crippen molar-refractivity contribution in [2.75, 3.05) is 46.0 Å². The zero-order valence-electron chi connectivity index (χ0n) is 19.0. The van der Waals surface area contributed by atoms with Crippen LogP contribution in [0.25, 0.3) is 0 Å². The van der Waals surface area contributed by atoms with Gasteiger partial charge < -0.3 is 23.8 Å². The Kier molecular flexibility index (Phi) is 7.55. The van der Waals surface area contributed by atoms with Gasteiger partial charge in [-0.05, 0) is 38.0 Å². The molecular formula is C24H31ClN4O4. The van der Waals surface area contributed by atoms with Crippen LogP contribution in [-0.4, -0.2) is 77.2 Å². The van der Waals surface area contributed by atoms with Crippen molar-refractivity contribution in [2.45, 2.75) is 32.7 Å². The minimum atomic E-state index is -0.463. The predicted octanol–water partition coefficient (Wildman–Crippen LogP) is 2.78. The number of amides is 2. The number of carbonyl (C=O) groups excluding carboxylic acids is 2. The minimum Gasteiger partial charge on any atom is -0.493 e. The molecule has 3 heterocycles. The highest BCUT2D eigenvalue weighted by molar-refractivity contribution is 6.30. The van der Waals surface area contributed by atoms with Crippen LogP contribution >= 0.6 is 11.6 Å². The summed E-state index contributed by atoms with van der Waals surface area (Å²) in [6.45, 7) is 5.96. The maximum atomic E-state index is 13.2. The summed E-state index contributed by atoms with van der Waals surface area (Å²) < 4.78 is 13.4. The molecule has 2 aliphatic heterocycles. The number of aryl methyl sites for hydroxylation is 1. The van der Waals surface area contributed by atoms with Gasteiger partial charge in [0.15, 0.2) is 0 Å². The van der Waals surface area contributed by atoms with Crippen molar-refractivity contribution in [3.8, 4) is 5.75 Å². The number of likely N-dealkylation sites (tertiary alicyclic amines) is 1. The number of halogens is 1. The van der Waals surface area contributed by atoms with E-state index in [1.807, 2.05) is 39.6 Å². The van der Waals surface area contributed by atoms with E-state index in [2.05, 4.69) is 4.98 Å². The molecule has 1 atom stereocenters. The van der Waals surface area contributed by atoms with E-state index in [9.17, 15) is 9.59 Å². The zero-order chi connectivity index (χ0) is 23.3. The maximum absolute atomic E-state index is 13.2. The number of aromatic nitrogens is 2. The first kappa shape index (κ1) is 23.6. The Morgan fingerprint density at radius 1 is 1.18 bits per heavy atom. The maximum Gasteiger partial charge on any atom is 0.242 e. The highest BCUT2D eigenvalue weighted by Crippen LogP contribution is 2.36. The Balaban J connectivity index is 1.49. The molecule has 0 N–H and O–H groups in total. The molecule has 2 aliphatic rings. The van der Waals surface area contributed by atoms with E-state index in [1.165, 1.54) is 0 Å². The number of ether oxygens (including phenoxy) is 2. The highest BCUT2D eigenvalue weighted by atomic mass is 35.5. The molecule has 2 saturated heterocycles. The van der Waals surface area contributed by atoms with Crippen LogP contribution in [0.15, 0.2) is 36.7 Å². The average molecular weight is 475 g/mol. The molecular weight excluding hydrogens is 444 g/mol. The summed E-state index contributed by atoms with van der Waals surface area (Å²) in [6.07, 6.45) is 5.49. The molecule has 0 spiro atoms. The number of benzene rings is 1. The fourth-order valence-corrected chi connectivity index (χ4v) is 4.77. The lowest BCUT2D eigenvalue weighted by Crippen LogP contribution is -2.52. The van der Waals surface area contributed by atoms with Crippen LogP contribution in [0.2, 0.25) is 5.02 Å². The molecule has 178 valence electrons. The Bertz CT molecular complexity index is 975. The fraction of sp³-hybridized carbons (Fsp3) is 0.542. The summed E-state index contributed by atoms with van der Waals surface area (Å²) in [5.74, 6) is 1.59. The fourth-order valence-electron chi connectivity index (χ4n) is 4.59. The lowest BCUT2D eigenvalue weighted by atomic mass is 9.77. The van der Waals surface area contributed by atoms with Crippen LogP contribution in [0, 0.1) is 12.3 Å². The molecule has 4 rings (SSSR count). The number of morpholine rings is 1. The minimum absolute atomic E-state index is 0.0294. The first-order chi connectivity index (χ1) is 15.9. The normalized spacial score (nSPS) is 21.2. The average Bonchev–Trinajstić information content (AvgIpc) is 3.23. The van der Waals surface area contributed by atoms with Crippen molar-refractivity contribution in [3.63, 3.8) is 0 Å². The van der Waals surface area contributed by atoms with Gasteiger partial charge in [-0.15, -0.1) is 0 Å². The third-order valence-electron chi connectivity index (χ3n) is 6.47. The molecule has 33 heavy (non-hydrogen) atoms. The molecule has 8 nitrogen and oxygen atoms in total. The molecule has 9 heteroatoms. The number of rotatable bonds is 7. The summed E-state index contributed by atoms with van der Waals surface area (Å²) in [4.78, 5) is 34.3. The van der Waals surface area contributed by atoms with Gasteiger partial charge in [0.05, 0.1) is 19.8 Å². The Morgan fingerprint density at radius 2 is 2.00 bits per heavy atom. The van der Waals surface area contributed by atoms with E-state index < -0.39 is 5.41 Å². The van der Waals surface area contributed by atoms with E-state index in [0.717, 1.165) is 18.7 Å². The van der Waals surface area contributed by atoms with E-state index in [-0.39, 0.29) is 18.4 Å². The van der Waals surface area contributed by atoms with E-state index in [0.29, 0.717) is 63.2 Å². The molecule has 0 saturated carbocycles. The van der Waals surface area contributed by atoms with Crippen molar-refractivity contribution >= 4 is 23.4 Å². The number of imidazole rings is 1. The van der Waals surface area contributed by atoms with E-state index >= 15 is 0 Å². The van der Waals surface area contributed by atoms with E-state index in [1.54, 1.807) is 18.3 Å². The third kappa shape index (κ3) is 6.06. The zero-order valence-corrected chi connectivity index (χ0v) is 19.8. The van der Waals surface area contributed by atoms with Gasteiger partial charge >= 0.3 is 0 Å². The van der Waals surface area contributed by atoms with Gasteiger partial charge in [-0.3, -0.25) is 9.59 Å². The lowest BCUT2D eigenvalue weighted by Gasteiger charge is -2.43. The standard InChI is InChI=1S/C24H31ClN4O4/c1-19-26-7-9-28(19)16-23(31)29-8-3-6-24(17-29,15-22(30)27-10-12-32-13-11-27)18-33-21-5-2-4-20(25)14-21/h2,4-5,7,9,14H,3,6,8,10-13,15-18H2,1H3/t24-/m1/s1. The van der Waals surface area contributed by atoms with Gasteiger partial charge in [0.2, 0.25) is 11.8 Å². The molecule has 1 aromatic carbocycles. The number of hydrogen-bond donors (Lipinski definition) is 0. The van der Waals surface area contributed by atoms with Gasteiger partial charge in [0.25, 0.3) is 0 Å².